The molecule has 0 saturated heterocycles. The molecule has 1 rings (SSSR count). The fraction of sp³-hybridized carbons (Fsp3) is 0.583. The van der Waals surface area contributed by atoms with Crippen molar-refractivity contribution in [3.8, 4) is 0 Å². The predicted octanol–water partition coefficient (Wildman–Crippen LogP) is 2.81. The van der Waals surface area contributed by atoms with Crippen molar-refractivity contribution in [2.45, 2.75) is 46.1 Å². The second kappa shape index (κ2) is 7.36. The van der Waals surface area contributed by atoms with E-state index in [1.165, 1.54) is 11.6 Å². The Hall–Kier alpha value is -1.05. The van der Waals surface area contributed by atoms with E-state index in [0.717, 1.165) is 19.3 Å². The van der Waals surface area contributed by atoms with Gasteiger partial charge in [0.2, 0.25) is 5.91 Å². The minimum absolute atomic E-state index is 0.0605. The van der Waals surface area contributed by atoms with Gasteiger partial charge < -0.3 is 5.32 Å². The standard InChI is InChI=1S/C10H15NO.C2H6/c1-3-10(12)11-9-6-4-5-8(2)7-9;1-2/h3,5,9H,1,4,6-7H2,2H3,(H,11,12);1-2H3. The van der Waals surface area contributed by atoms with Gasteiger partial charge in [-0.1, -0.05) is 32.1 Å². The molecule has 0 aromatic carbocycles. The van der Waals surface area contributed by atoms with Crippen LogP contribution in [0.25, 0.3) is 0 Å². The maximum absolute atomic E-state index is 10.9. The summed E-state index contributed by atoms with van der Waals surface area (Å²) in [6, 6.07) is 0.320. The first-order valence-corrected chi connectivity index (χ1v) is 5.31. The number of hydrogen-bond donors (Lipinski definition) is 1. The molecule has 14 heavy (non-hydrogen) atoms. The monoisotopic (exact) mass is 195 g/mol. The van der Waals surface area contributed by atoms with Gasteiger partial charge in [-0.3, -0.25) is 4.79 Å². The van der Waals surface area contributed by atoms with Crippen LogP contribution in [-0.2, 0) is 4.79 Å². The molecule has 0 spiro atoms. The van der Waals surface area contributed by atoms with E-state index in [1.807, 2.05) is 13.8 Å². The molecule has 1 N–H and O–H groups in total. The molecule has 0 saturated carbocycles. The molecular formula is C12H21NO. The van der Waals surface area contributed by atoms with E-state index >= 15 is 0 Å². The third-order valence-corrected chi connectivity index (χ3v) is 2.11. The van der Waals surface area contributed by atoms with Crippen molar-refractivity contribution in [3.05, 3.63) is 24.3 Å². The zero-order chi connectivity index (χ0) is 11.0. The van der Waals surface area contributed by atoms with Gasteiger partial charge in [-0.2, -0.15) is 0 Å². The second-order valence-electron chi connectivity index (χ2n) is 3.24. The lowest BCUT2D eigenvalue weighted by Gasteiger charge is -2.21. The molecule has 0 fully saturated rings. The summed E-state index contributed by atoms with van der Waals surface area (Å²) in [7, 11) is 0. The molecule has 0 aliphatic heterocycles. The number of nitrogens with one attached hydrogen (secondary N) is 1. The topological polar surface area (TPSA) is 29.1 Å². The Labute approximate surface area is 87.1 Å². The van der Waals surface area contributed by atoms with Crippen LogP contribution in [0.15, 0.2) is 24.3 Å². The van der Waals surface area contributed by atoms with Gasteiger partial charge in [0.25, 0.3) is 0 Å². The number of rotatable bonds is 2. The molecule has 0 aromatic heterocycles. The van der Waals surface area contributed by atoms with Crippen LogP contribution in [0, 0.1) is 0 Å². The molecule has 0 aromatic rings. The van der Waals surface area contributed by atoms with Crippen molar-refractivity contribution in [2.24, 2.45) is 0 Å². The number of amides is 1. The Morgan fingerprint density at radius 3 is 2.79 bits per heavy atom. The highest BCUT2D eigenvalue weighted by Crippen LogP contribution is 2.17. The third kappa shape index (κ3) is 4.85. The van der Waals surface area contributed by atoms with Crippen molar-refractivity contribution in [1.29, 1.82) is 0 Å². The third-order valence-electron chi connectivity index (χ3n) is 2.11. The largest absolute Gasteiger partial charge is 0.350 e. The van der Waals surface area contributed by atoms with E-state index in [2.05, 4.69) is 24.9 Å². The van der Waals surface area contributed by atoms with E-state index in [0.29, 0.717) is 6.04 Å². The van der Waals surface area contributed by atoms with E-state index in [9.17, 15) is 4.79 Å². The number of hydrogen-bond acceptors (Lipinski definition) is 1. The zero-order valence-corrected chi connectivity index (χ0v) is 9.47. The number of allylic oxidation sites excluding steroid dienone is 1. The van der Waals surface area contributed by atoms with Crippen LogP contribution < -0.4 is 5.32 Å². The fourth-order valence-corrected chi connectivity index (χ4v) is 1.49. The number of carbonyl (C=O) groups excluding carboxylic acids is 1. The quantitative estimate of drug-likeness (QED) is 0.533. The van der Waals surface area contributed by atoms with Gasteiger partial charge in [-0.15, -0.1) is 0 Å². The van der Waals surface area contributed by atoms with Gasteiger partial charge in [0.1, 0.15) is 0 Å². The molecule has 1 unspecified atom stereocenters. The Morgan fingerprint density at radius 2 is 2.29 bits per heavy atom. The normalized spacial score (nSPS) is 19.9. The lowest BCUT2D eigenvalue weighted by Crippen LogP contribution is -2.34. The minimum atomic E-state index is -0.0605. The predicted molar refractivity (Wildman–Crippen MR) is 61.1 cm³/mol. The SMILES string of the molecule is C=CC(=O)NC1CCC=C(C)C1.CC. The summed E-state index contributed by atoms with van der Waals surface area (Å²) in [5, 5.41) is 2.90. The molecule has 2 nitrogen and oxygen atoms in total. The summed E-state index contributed by atoms with van der Waals surface area (Å²) < 4.78 is 0. The summed E-state index contributed by atoms with van der Waals surface area (Å²) in [5.74, 6) is -0.0605. The maximum atomic E-state index is 10.9. The summed E-state index contributed by atoms with van der Waals surface area (Å²) in [6.07, 6.45) is 6.68. The van der Waals surface area contributed by atoms with Crippen molar-refractivity contribution >= 4 is 5.91 Å². The Balaban J connectivity index is 0.000000791. The molecular weight excluding hydrogens is 174 g/mol. The summed E-state index contributed by atoms with van der Waals surface area (Å²) >= 11 is 0. The van der Waals surface area contributed by atoms with Crippen molar-refractivity contribution in [2.75, 3.05) is 0 Å². The minimum Gasteiger partial charge on any atom is -0.350 e. The Morgan fingerprint density at radius 1 is 1.64 bits per heavy atom. The molecule has 1 aliphatic rings. The molecule has 0 radical (unpaired) electrons. The van der Waals surface area contributed by atoms with Crippen LogP contribution in [-0.4, -0.2) is 11.9 Å². The van der Waals surface area contributed by atoms with Gasteiger partial charge in [-0.25, -0.2) is 0 Å². The first-order chi connectivity index (χ1) is 6.72. The molecule has 2 heteroatoms. The molecule has 1 atom stereocenters. The van der Waals surface area contributed by atoms with Crippen LogP contribution in [0.2, 0.25) is 0 Å². The zero-order valence-electron chi connectivity index (χ0n) is 9.47. The number of carbonyl (C=O) groups is 1. The highest BCUT2D eigenvalue weighted by atomic mass is 16.1. The first-order valence-electron chi connectivity index (χ1n) is 5.31. The molecule has 0 heterocycles. The van der Waals surface area contributed by atoms with Crippen molar-refractivity contribution in [3.63, 3.8) is 0 Å². The summed E-state index contributed by atoms with van der Waals surface area (Å²) in [5.41, 5.74) is 1.37. The lowest BCUT2D eigenvalue weighted by atomic mass is 9.96. The summed E-state index contributed by atoms with van der Waals surface area (Å²) in [4.78, 5) is 10.9. The van der Waals surface area contributed by atoms with Crippen LogP contribution in [0.3, 0.4) is 0 Å². The molecule has 0 bridgehead atoms. The van der Waals surface area contributed by atoms with Crippen LogP contribution >= 0.6 is 0 Å². The second-order valence-corrected chi connectivity index (χ2v) is 3.24. The molecule has 1 aliphatic carbocycles. The van der Waals surface area contributed by atoms with Gasteiger partial charge in [-0.05, 0) is 32.3 Å². The van der Waals surface area contributed by atoms with Crippen LogP contribution in [0.4, 0.5) is 0 Å². The summed E-state index contributed by atoms with van der Waals surface area (Å²) in [6.45, 7) is 9.52. The average molecular weight is 195 g/mol. The van der Waals surface area contributed by atoms with Gasteiger partial charge >= 0.3 is 0 Å². The fourth-order valence-electron chi connectivity index (χ4n) is 1.49. The van der Waals surface area contributed by atoms with Gasteiger partial charge in [0.15, 0.2) is 0 Å². The van der Waals surface area contributed by atoms with E-state index in [4.69, 9.17) is 0 Å². The molecule has 1 amide bonds. The van der Waals surface area contributed by atoms with Crippen molar-refractivity contribution in [1.82, 2.24) is 5.32 Å². The maximum Gasteiger partial charge on any atom is 0.243 e. The highest BCUT2D eigenvalue weighted by Gasteiger charge is 2.13. The highest BCUT2D eigenvalue weighted by molar-refractivity contribution is 5.87. The van der Waals surface area contributed by atoms with Crippen LogP contribution in [0.1, 0.15) is 40.0 Å². The Bertz CT molecular complexity index is 218. The van der Waals surface area contributed by atoms with Gasteiger partial charge in [0, 0.05) is 6.04 Å². The van der Waals surface area contributed by atoms with E-state index < -0.39 is 0 Å². The molecule has 80 valence electrons. The average Bonchev–Trinajstić information content (AvgIpc) is 2.21. The Kier molecular flexibility index (Phi) is 6.81. The lowest BCUT2D eigenvalue weighted by molar-refractivity contribution is -0.117. The van der Waals surface area contributed by atoms with Gasteiger partial charge in [0.05, 0.1) is 0 Å². The smallest absolute Gasteiger partial charge is 0.243 e. The van der Waals surface area contributed by atoms with Crippen LogP contribution in [0.5, 0.6) is 0 Å². The van der Waals surface area contributed by atoms with E-state index in [1.54, 1.807) is 0 Å². The van der Waals surface area contributed by atoms with E-state index in [-0.39, 0.29) is 5.91 Å². The van der Waals surface area contributed by atoms with Crippen molar-refractivity contribution < 1.29 is 4.79 Å². The first kappa shape index (κ1) is 12.9.